The van der Waals surface area contributed by atoms with Gasteiger partial charge in [0.05, 0.1) is 66.8 Å². The molecule has 0 bridgehead atoms. The van der Waals surface area contributed by atoms with Gasteiger partial charge in [-0.15, -0.1) is 0 Å². The molecule has 0 aliphatic carbocycles. The van der Waals surface area contributed by atoms with E-state index in [4.69, 9.17) is 18.9 Å². The number of hydrogen-bond donors (Lipinski definition) is 3. The SMILES string of the molecule is COc1ccc(C(=O)Nc2ccc(CN3C(=O)[C@]4(O[C@H](CC(=O)N5Cc6ccccc6C[C@H]5CO)[C@@H]([Si](C)(C)c5ccc(OC)cc5)[C@@H]4C)c4cc(NC(=O)c5ccc(OC)cc5)ccc43)cc2)cc1. The van der Waals surface area contributed by atoms with Crippen LogP contribution in [0.5, 0.6) is 17.2 Å². The first kappa shape index (κ1) is 47.8. The molecule has 9 rings (SSSR count). The summed E-state index contributed by atoms with van der Waals surface area (Å²) in [5.41, 5.74) is 4.31. The van der Waals surface area contributed by atoms with Crippen molar-refractivity contribution in [1.82, 2.24) is 4.90 Å². The minimum atomic E-state index is -2.68. The van der Waals surface area contributed by atoms with Crippen molar-refractivity contribution in [3.8, 4) is 17.2 Å². The number of rotatable bonds is 14. The summed E-state index contributed by atoms with van der Waals surface area (Å²) in [6.45, 7) is 6.93. The molecule has 6 aromatic carbocycles. The second kappa shape index (κ2) is 19.6. The van der Waals surface area contributed by atoms with Gasteiger partial charge in [0.15, 0.2) is 5.60 Å². The van der Waals surface area contributed by atoms with E-state index in [1.54, 1.807) is 97.9 Å². The molecule has 0 aromatic heterocycles. The third-order valence-corrected chi connectivity index (χ3v) is 19.0. The summed E-state index contributed by atoms with van der Waals surface area (Å²) in [7, 11) is 2.09. The molecule has 3 aliphatic heterocycles. The van der Waals surface area contributed by atoms with Crippen LogP contribution < -0.4 is 34.9 Å². The maximum absolute atomic E-state index is 15.8. The van der Waals surface area contributed by atoms with Crippen LogP contribution >= 0.6 is 0 Å². The number of nitrogens with zero attached hydrogens (tertiary/aromatic N) is 2. The number of methoxy groups -OCH3 is 3. The highest BCUT2D eigenvalue weighted by Crippen LogP contribution is 2.60. The molecular weight excluding hydrogens is 901 g/mol. The van der Waals surface area contributed by atoms with Gasteiger partial charge in [0.1, 0.15) is 17.2 Å². The lowest BCUT2D eigenvalue weighted by Gasteiger charge is -2.39. The normalized spacial score (nSPS) is 20.4. The third kappa shape index (κ3) is 8.94. The fraction of sp³-hybridized carbons (Fsp3) is 0.286. The first-order chi connectivity index (χ1) is 33.8. The summed E-state index contributed by atoms with van der Waals surface area (Å²) < 4.78 is 23.5. The van der Waals surface area contributed by atoms with Crippen molar-refractivity contribution < 1.29 is 43.2 Å². The smallest absolute Gasteiger partial charge is 0.264 e. The molecule has 5 atom stereocenters. The predicted molar refractivity (Wildman–Crippen MR) is 272 cm³/mol. The van der Waals surface area contributed by atoms with Crippen molar-refractivity contribution >= 4 is 54.0 Å². The molecule has 0 radical (unpaired) electrons. The van der Waals surface area contributed by atoms with Crippen LogP contribution in [0.2, 0.25) is 18.6 Å². The summed E-state index contributed by atoms with van der Waals surface area (Å²) in [5.74, 6) is 0.493. The first-order valence-corrected chi connectivity index (χ1v) is 26.6. The molecule has 13 nitrogen and oxygen atoms in total. The fourth-order valence-corrected chi connectivity index (χ4v) is 14.9. The molecule has 360 valence electrons. The Bertz CT molecular complexity index is 2910. The maximum atomic E-state index is 15.8. The second-order valence-electron chi connectivity index (χ2n) is 18.9. The van der Waals surface area contributed by atoms with E-state index in [-0.39, 0.29) is 48.7 Å². The van der Waals surface area contributed by atoms with Gasteiger partial charge in [-0.05, 0) is 120 Å². The minimum absolute atomic E-state index is 0.0117. The average molecular weight is 959 g/mol. The number of carbonyl (C=O) groups is 4. The molecule has 14 heteroatoms. The number of carbonyl (C=O) groups excluding carboxylic acids is 4. The summed E-state index contributed by atoms with van der Waals surface area (Å²) in [4.78, 5) is 61.0. The summed E-state index contributed by atoms with van der Waals surface area (Å²) in [5, 5.41) is 17.8. The van der Waals surface area contributed by atoms with Gasteiger partial charge in [0, 0.05) is 40.5 Å². The molecule has 0 saturated carbocycles. The number of benzene rings is 6. The van der Waals surface area contributed by atoms with Gasteiger partial charge in [0.25, 0.3) is 17.7 Å². The molecule has 4 amide bonds. The number of nitrogens with one attached hydrogen (secondary N) is 2. The van der Waals surface area contributed by atoms with Crippen LogP contribution in [0.1, 0.15) is 56.3 Å². The van der Waals surface area contributed by atoms with Gasteiger partial charge >= 0.3 is 0 Å². The quantitative estimate of drug-likeness (QED) is 0.0915. The summed E-state index contributed by atoms with van der Waals surface area (Å²) >= 11 is 0. The lowest BCUT2D eigenvalue weighted by Crippen LogP contribution is -2.52. The van der Waals surface area contributed by atoms with Gasteiger partial charge in [-0.25, -0.2) is 0 Å². The van der Waals surface area contributed by atoms with E-state index in [0.29, 0.717) is 58.2 Å². The molecule has 3 heterocycles. The van der Waals surface area contributed by atoms with Crippen LogP contribution in [0, 0.1) is 5.92 Å². The molecule has 3 N–H and O–H groups in total. The van der Waals surface area contributed by atoms with Crippen molar-refractivity contribution in [2.24, 2.45) is 5.92 Å². The van der Waals surface area contributed by atoms with Gasteiger partial charge in [0.2, 0.25) is 5.91 Å². The number of ether oxygens (including phenoxy) is 4. The van der Waals surface area contributed by atoms with Crippen LogP contribution in [0.15, 0.2) is 140 Å². The summed E-state index contributed by atoms with van der Waals surface area (Å²) in [6, 6.07) is 42.2. The Balaban J connectivity index is 1.09. The highest BCUT2D eigenvalue weighted by atomic mass is 28.3. The number of aliphatic hydroxyl groups is 1. The number of hydrogen-bond acceptors (Lipinski definition) is 9. The molecule has 3 aliphatic rings. The monoisotopic (exact) mass is 958 g/mol. The first-order valence-electron chi connectivity index (χ1n) is 23.5. The molecule has 70 heavy (non-hydrogen) atoms. The van der Waals surface area contributed by atoms with E-state index in [1.807, 2.05) is 60.7 Å². The Morgan fingerprint density at radius 3 is 1.84 bits per heavy atom. The van der Waals surface area contributed by atoms with Crippen LogP contribution in [0.3, 0.4) is 0 Å². The van der Waals surface area contributed by atoms with E-state index in [0.717, 1.165) is 27.6 Å². The second-order valence-corrected chi connectivity index (χ2v) is 23.6. The van der Waals surface area contributed by atoms with Crippen LogP contribution in [0.4, 0.5) is 17.1 Å². The minimum Gasteiger partial charge on any atom is -0.497 e. The Kier molecular flexibility index (Phi) is 13.4. The standard InChI is InChI=1S/C56H58N4O9Si/c1-35-52(70(5,6)47-26-24-46(68-4)25-27-47)50(31-51(62)59-33-40-10-8-7-9-39(40)29-43(59)34-61)69-56(35)48-30-42(58-54(64)38-15-22-45(67-3)23-16-38)19-28-49(48)60(55(56)65)32-36-11-17-41(18-12-36)57-53(63)37-13-20-44(66-2)21-14-37/h7-28,30,35,43,50,52,61H,29,31-34H2,1-6H3,(H,57,63)(H,58,64)/t35-,43-,50+,52-,56+/m0/s1. The predicted octanol–water partition coefficient (Wildman–Crippen LogP) is 8.32. The van der Waals surface area contributed by atoms with E-state index in [1.165, 1.54) is 0 Å². The van der Waals surface area contributed by atoms with E-state index in [9.17, 15) is 19.5 Å². The number of anilines is 3. The molecular formula is C56H58N4O9Si. The van der Waals surface area contributed by atoms with Gasteiger partial charge < -0.3 is 44.5 Å². The van der Waals surface area contributed by atoms with Crippen molar-refractivity contribution in [2.45, 2.75) is 69.2 Å². The molecule has 1 fully saturated rings. The Morgan fingerprint density at radius 2 is 1.27 bits per heavy atom. The molecule has 0 unspecified atom stereocenters. The topological polar surface area (TPSA) is 156 Å². The van der Waals surface area contributed by atoms with Gasteiger partial charge in [-0.3, -0.25) is 19.2 Å². The van der Waals surface area contributed by atoms with Crippen LogP contribution in [0.25, 0.3) is 0 Å². The Labute approximate surface area is 409 Å². The van der Waals surface area contributed by atoms with Crippen molar-refractivity contribution in [3.63, 3.8) is 0 Å². The zero-order chi connectivity index (χ0) is 49.3. The lowest BCUT2D eigenvalue weighted by atomic mass is 9.82. The van der Waals surface area contributed by atoms with Gasteiger partial charge in [-0.2, -0.15) is 0 Å². The highest BCUT2D eigenvalue weighted by Gasteiger charge is 2.66. The molecule has 1 saturated heterocycles. The zero-order valence-electron chi connectivity index (χ0n) is 40.2. The number of aliphatic hydroxyl groups excluding tert-OH is 1. The molecule has 6 aromatic rings. The lowest BCUT2D eigenvalue weighted by molar-refractivity contribution is -0.151. The number of amides is 4. The van der Waals surface area contributed by atoms with Crippen molar-refractivity contribution in [2.75, 3.05) is 43.5 Å². The third-order valence-electron chi connectivity index (χ3n) is 14.6. The van der Waals surface area contributed by atoms with Crippen molar-refractivity contribution in [3.05, 3.63) is 173 Å². The number of fused-ring (bicyclic) bond motifs is 3. The van der Waals surface area contributed by atoms with Crippen LogP contribution in [-0.2, 0) is 39.4 Å². The average Bonchev–Trinajstić information content (AvgIpc) is 3.81. The van der Waals surface area contributed by atoms with E-state index in [2.05, 4.69) is 42.8 Å². The fourth-order valence-electron chi connectivity index (χ4n) is 10.8. The molecule has 1 spiro atoms. The van der Waals surface area contributed by atoms with Crippen LogP contribution in [-0.4, -0.2) is 81.8 Å². The maximum Gasteiger partial charge on any atom is 0.264 e. The zero-order valence-corrected chi connectivity index (χ0v) is 41.2. The highest BCUT2D eigenvalue weighted by molar-refractivity contribution is 6.91. The Hall–Kier alpha value is -7.26. The Morgan fingerprint density at radius 1 is 0.729 bits per heavy atom. The van der Waals surface area contributed by atoms with Crippen molar-refractivity contribution in [1.29, 1.82) is 0 Å². The van der Waals surface area contributed by atoms with E-state index < -0.39 is 31.7 Å². The largest absolute Gasteiger partial charge is 0.497 e. The summed E-state index contributed by atoms with van der Waals surface area (Å²) in [6.07, 6.45) is -0.185. The van der Waals surface area contributed by atoms with E-state index >= 15 is 4.79 Å². The van der Waals surface area contributed by atoms with Gasteiger partial charge in [-0.1, -0.05) is 73.7 Å².